The monoisotopic (exact) mass is 260 g/mol. The van der Waals surface area contributed by atoms with E-state index >= 15 is 0 Å². The smallest absolute Gasteiger partial charge is 0.362 e. The maximum atomic E-state index is 11.5. The Morgan fingerprint density at radius 1 is 1.59 bits per heavy atom. The largest absolute Gasteiger partial charge is 0.721 e. The van der Waals surface area contributed by atoms with Crippen molar-refractivity contribution < 1.29 is 9.88 Å². The highest BCUT2D eigenvalue weighted by atomic mass is 32.2. The number of hydrazone groups is 1. The van der Waals surface area contributed by atoms with Crippen molar-refractivity contribution in [3.8, 4) is 0 Å². The molecule has 0 N–H and O–H groups in total. The minimum atomic E-state index is -0.873. The van der Waals surface area contributed by atoms with E-state index < -0.39 is 10.6 Å². The van der Waals surface area contributed by atoms with Gasteiger partial charge in [-0.05, 0) is 31.8 Å². The van der Waals surface area contributed by atoms with Crippen LogP contribution in [0.3, 0.4) is 0 Å². The number of rotatable bonds is 2. The lowest BCUT2D eigenvalue weighted by Crippen LogP contribution is -2.37. The zero-order valence-corrected chi connectivity index (χ0v) is 10.6. The van der Waals surface area contributed by atoms with E-state index in [0.29, 0.717) is 0 Å². The Balaban J connectivity index is 3.23. The zero-order chi connectivity index (χ0) is 13.2. The first-order valence-electron chi connectivity index (χ1n) is 4.60. The van der Waals surface area contributed by atoms with Gasteiger partial charge in [0.15, 0.2) is 5.03 Å². The van der Waals surface area contributed by atoms with Gasteiger partial charge >= 0.3 is 5.82 Å². The number of tetrazole rings is 1. The van der Waals surface area contributed by atoms with E-state index in [1.165, 1.54) is 4.80 Å². The van der Waals surface area contributed by atoms with E-state index in [0.717, 1.165) is 11.8 Å². The fraction of sp³-hybridized carbons (Fsp3) is 0.714. The molecule has 0 amide bonds. The number of aromatic nitrogens is 4. The van der Waals surface area contributed by atoms with Crippen LogP contribution in [0.25, 0.3) is 0 Å². The van der Waals surface area contributed by atoms with Gasteiger partial charge in [-0.3, -0.25) is 0 Å². The summed E-state index contributed by atoms with van der Waals surface area (Å²) >= 11 is 0.961. The maximum Gasteiger partial charge on any atom is 0.362 e. The Kier molecular flexibility index (Phi) is 3.66. The van der Waals surface area contributed by atoms with E-state index in [9.17, 15) is 15.3 Å². The normalized spacial score (nSPS) is 12.8. The van der Waals surface area contributed by atoms with Crippen molar-refractivity contribution in [3.63, 3.8) is 0 Å². The molecule has 0 aromatic carbocycles. The van der Waals surface area contributed by atoms with E-state index in [4.69, 9.17) is 0 Å². The van der Waals surface area contributed by atoms with Crippen LogP contribution in [-0.4, -0.2) is 31.4 Å². The first-order chi connectivity index (χ1) is 7.75. The Bertz CT molecular complexity index is 463. The second-order valence-electron chi connectivity index (χ2n) is 4.09. The fourth-order valence-corrected chi connectivity index (χ4v) is 1.38. The van der Waals surface area contributed by atoms with Gasteiger partial charge in [0.2, 0.25) is 0 Å². The molecule has 0 radical (unpaired) electrons. The van der Waals surface area contributed by atoms with Crippen molar-refractivity contribution >= 4 is 16.8 Å². The average molecular weight is 260 g/mol. The topological polar surface area (TPSA) is 113 Å². The molecule has 0 bridgehead atoms. The predicted molar refractivity (Wildman–Crippen MR) is 61.0 cm³/mol. The second-order valence-corrected chi connectivity index (χ2v) is 4.89. The Labute approximate surface area is 101 Å². The van der Waals surface area contributed by atoms with Gasteiger partial charge in [-0.25, -0.2) is 10.1 Å². The number of hydrogen-bond donors (Lipinski definition) is 0. The molecule has 17 heavy (non-hydrogen) atoms. The summed E-state index contributed by atoms with van der Waals surface area (Å²) in [5.74, 6) is -0.177. The maximum absolute atomic E-state index is 11.5. The van der Waals surface area contributed by atoms with Crippen LogP contribution in [0, 0.1) is 15.3 Å². The third-order valence-electron chi connectivity index (χ3n) is 1.69. The third kappa shape index (κ3) is 3.12. The molecule has 0 unspecified atom stereocenters. The highest BCUT2D eigenvalue weighted by molar-refractivity contribution is 8.13. The zero-order valence-electron chi connectivity index (χ0n) is 9.82. The van der Waals surface area contributed by atoms with Gasteiger partial charge in [0.1, 0.15) is 5.54 Å². The van der Waals surface area contributed by atoms with Gasteiger partial charge in [-0.2, -0.15) is 0 Å². The molecule has 0 atom stereocenters. The van der Waals surface area contributed by atoms with Crippen LogP contribution in [0.15, 0.2) is 5.10 Å². The molecular formula is C7H12N6O3S. The summed E-state index contributed by atoms with van der Waals surface area (Å²) in [5, 5.41) is 31.4. The molecule has 1 aromatic rings. The molecule has 0 fully saturated rings. The van der Waals surface area contributed by atoms with Crippen LogP contribution in [0.4, 0.5) is 0 Å². The average Bonchev–Trinajstić information content (AvgIpc) is 2.56. The van der Waals surface area contributed by atoms with E-state index in [1.807, 2.05) is 0 Å². The van der Waals surface area contributed by atoms with Gasteiger partial charge in [-0.1, -0.05) is 11.8 Å². The molecule has 9 nitrogen and oxygen atoms in total. The van der Waals surface area contributed by atoms with Crippen LogP contribution in [0.2, 0.25) is 0 Å². The van der Waals surface area contributed by atoms with E-state index in [2.05, 4.69) is 15.4 Å². The molecule has 1 rings (SSSR count). The molecule has 0 saturated carbocycles. The third-order valence-corrected chi connectivity index (χ3v) is 2.34. The van der Waals surface area contributed by atoms with Crippen molar-refractivity contribution in [1.82, 2.24) is 15.1 Å². The fourth-order valence-electron chi connectivity index (χ4n) is 0.927. The summed E-state index contributed by atoms with van der Waals surface area (Å²) in [5.41, 5.74) is -0.484. The van der Waals surface area contributed by atoms with Gasteiger partial charge in [-0.15, -0.1) is 4.85 Å². The molecule has 94 valence electrons. The van der Waals surface area contributed by atoms with Gasteiger partial charge in [0.25, 0.3) is 5.04 Å². The summed E-state index contributed by atoms with van der Waals surface area (Å²) in [6.07, 6.45) is 1.57. The molecule has 0 spiro atoms. The first-order valence-corrected chi connectivity index (χ1v) is 5.83. The van der Waals surface area contributed by atoms with Crippen LogP contribution in [0.1, 0.15) is 26.6 Å². The quantitative estimate of drug-likeness (QED) is 0.184. The van der Waals surface area contributed by atoms with Gasteiger partial charge in [0, 0.05) is 0 Å². The van der Waals surface area contributed by atoms with Crippen molar-refractivity contribution in [1.29, 1.82) is 0 Å². The van der Waals surface area contributed by atoms with Crippen LogP contribution < -0.4 is 4.85 Å². The van der Waals surface area contributed by atoms with Crippen LogP contribution in [-0.2, 0) is 5.54 Å². The minimum Gasteiger partial charge on any atom is -0.721 e. The van der Waals surface area contributed by atoms with Gasteiger partial charge in [0.05, 0.1) is 15.4 Å². The number of hydrogen-bond acceptors (Lipinski definition) is 6. The predicted octanol–water partition coefficient (Wildman–Crippen LogP) is -0.0322. The summed E-state index contributed by atoms with van der Waals surface area (Å²) in [4.78, 5) is 11.7. The molecule has 0 aliphatic carbocycles. The van der Waals surface area contributed by atoms with Crippen molar-refractivity contribution in [3.05, 3.63) is 21.1 Å². The van der Waals surface area contributed by atoms with E-state index in [1.54, 1.807) is 27.0 Å². The summed E-state index contributed by atoms with van der Waals surface area (Å²) in [6.45, 7) is 5.42. The van der Waals surface area contributed by atoms with Crippen molar-refractivity contribution in [2.75, 3.05) is 6.26 Å². The first kappa shape index (κ1) is 13.4. The lowest BCUT2D eigenvalue weighted by Gasteiger charge is -2.07. The molecule has 10 heteroatoms. The molecule has 0 aliphatic heterocycles. The summed E-state index contributed by atoms with van der Waals surface area (Å²) < 4.78 is 0. The number of nitrogens with zero attached hydrogens (tertiary/aromatic N) is 6. The van der Waals surface area contributed by atoms with Crippen molar-refractivity contribution in [2.45, 2.75) is 26.3 Å². The van der Waals surface area contributed by atoms with Crippen molar-refractivity contribution in [2.24, 2.45) is 5.10 Å². The molecule has 0 aliphatic rings. The Hall–Kier alpha value is -1.71. The lowest BCUT2D eigenvalue weighted by atomic mass is 10.1. The minimum absolute atomic E-state index is 0.0829. The highest BCUT2D eigenvalue weighted by Gasteiger charge is 2.30. The molecule has 0 saturated heterocycles. The summed E-state index contributed by atoms with van der Waals surface area (Å²) in [7, 11) is 0. The number of thioether (sulfide) groups is 1. The molecule has 1 aromatic heterocycles. The Morgan fingerprint density at radius 2 is 2.18 bits per heavy atom. The van der Waals surface area contributed by atoms with Crippen LogP contribution >= 0.6 is 11.8 Å². The lowest BCUT2D eigenvalue weighted by molar-refractivity contribution is -0.673. The molecular weight excluding hydrogens is 248 g/mol. The SMILES string of the molecule is CS/C(=N\[N+](=O)[O-])c1nn(C(C)(C)C)n[n+]1[O-]. The van der Waals surface area contributed by atoms with Gasteiger partial charge < -0.3 is 5.21 Å². The van der Waals surface area contributed by atoms with E-state index in [-0.39, 0.29) is 15.7 Å². The number of nitro groups is 1. The highest BCUT2D eigenvalue weighted by Crippen LogP contribution is 2.11. The Morgan fingerprint density at radius 3 is 2.53 bits per heavy atom. The standard InChI is InChI=1S/C7H12N6O3S/c1-7(2,3)12-8-5(11(14)10-12)6(17-4)9-13(15)16/h1-4H3/b9-6-. The molecule has 1 heterocycles. The second kappa shape index (κ2) is 4.65. The summed E-state index contributed by atoms with van der Waals surface area (Å²) in [6, 6.07) is 0. The van der Waals surface area contributed by atoms with Crippen LogP contribution in [0.5, 0.6) is 0 Å².